The number of nitrogens with zero attached hydrogens (tertiary/aromatic N) is 3. The molecule has 0 fully saturated rings. The first-order chi connectivity index (χ1) is 20.0. The van der Waals surface area contributed by atoms with Gasteiger partial charge < -0.3 is 24.4 Å². The van der Waals surface area contributed by atoms with Crippen molar-refractivity contribution >= 4 is 28.8 Å². The van der Waals surface area contributed by atoms with E-state index in [-0.39, 0.29) is 12.3 Å². The molecule has 0 saturated heterocycles. The molecule has 1 N–H and O–H groups in total. The second-order valence-corrected chi connectivity index (χ2v) is 10.2. The molecule has 2 aliphatic rings. The van der Waals surface area contributed by atoms with E-state index in [0.29, 0.717) is 41.1 Å². The third kappa shape index (κ3) is 6.28. The zero-order chi connectivity index (χ0) is 28.8. The number of ether oxygens (including phenoxy) is 3. The summed E-state index contributed by atoms with van der Waals surface area (Å²) in [6.07, 6.45) is 1.78. The van der Waals surface area contributed by atoms with Crippen LogP contribution in [0.5, 0.6) is 11.5 Å². The standard InChI is InChI=1S/C31H30N4O5S/c1-20-28(30(37)39-3)29(22-12-13-25(26(15-22)38-2)40-18-21-9-5-4-6-10-21)35-24(19-41-31(35)34-20)16-27(36)33-17-23-11-7-8-14-32-23/h4-15,19,29H,16-18H2,1-3H3,(H,33,36). The summed E-state index contributed by atoms with van der Waals surface area (Å²) in [6.45, 7) is 2.49. The molecule has 0 bridgehead atoms. The van der Waals surface area contributed by atoms with Crippen LogP contribution in [0, 0.1) is 0 Å². The number of fused-ring (bicyclic) bond motifs is 1. The number of amides is 1. The summed E-state index contributed by atoms with van der Waals surface area (Å²) in [7, 11) is 2.92. The van der Waals surface area contributed by atoms with E-state index in [1.165, 1.54) is 18.9 Å². The molecule has 41 heavy (non-hydrogen) atoms. The van der Waals surface area contributed by atoms with Crippen molar-refractivity contribution in [3.05, 3.63) is 112 Å². The van der Waals surface area contributed by atoms with Gasteiger partial charge in [-0.3, -0.25) is 9.78 Å². The van der Waals surface area contributed by atoms with Crippen molar-refractivity contribution in [1.29, 1.82) is 0 Å². The Morgan fingerprint density at radius 3 is 2.56 bits per heavy atom. The fourth-order valence-electron chi connectivity index (χ4n) is 4.68. The van der Waals surface area contributed by atoms with Crippen molar-refractivity contribution in [2.45, 2.75) is 32.5 Å². The van der Waals surface area contributed by atoms with Gasteiger partial charge in [0.15, 0.2) is 16.7 Å². The molecular weight excluding hydrogens is 540 g/mol. The first kappa shape index (κ1) is 28.0. The molecule has 2 aromatic carbocycles. The van der Waals surface area contributed by atoms with Crippen molar-refractivity contribution < 1.29 is 23.8 Å². The van der Waals surface area contributed by atoms with Gasteiger partial charge in [0.05, 0.1) is 50.2 Å². The first-order valence-corrected chi connectivity index (χ1v) is 13.9. The summed E-state index contributed by atoms with van der Waals surface area (Å²) < 4.78 is 16.9. The van der Waals surface area contributed by atoms with Crippen LogP contribution in [0.1, 0.15) is 36.2 Å². The molecule has 0 saturated carbocycles. The van der Waals surface area contributed by atoms with Crippen LogP contribution in [-0.4, -0.2) is 41.1 Å². The summed E-state index contributed by atoms with van der Waals surface area (Å²) in [6, 6.07) is 20.4. The lowest BCUT2D eigenvalue weighted by molar-refractivity contribution is -0.136. The fourth-order valence-corrected chi connectivity index (χ4v) is 5.65. The Labute approximate surface area is 242 Å². The molecule has 0 radical (unpaired) electrons. The predicted molar refractivity (Wildman–Crippen MR) is 157 cm³/mol. The molecule has 10 heteroatoms. The lowest BCUT2D eigenvalue weighted by atomic mass is 9.93. The van der Waals surface area contributed by atoms with Gasteiger partial charge in [-0.05, 0) is 47.7 Å². The molecule has 1 unspecified atom stereocenters. The number of pyridine rings is 1. The fraction of sp³-hybridized carbons (Fsp3) is 0.226. The number of benzene rings is 2. The Hall–Kier alpha value is -4.57. The topological polar surface area (TPSA) is 102 Å². The molecule has 9 nitrogen and oxygen atoms in total. The maximum atomic E-state index is 13.1. The van der Waals surface area contributed by atoms with Crippen molar-refractivity contribution in [2.75, 3.05) is 14.2 Å². The van der Waals surface area contributed by atoms with E-state index >= 15 is 0 Å². The number of aliphatic imine (C=N–C) groups is 1. The number of hydrogen-bond donors (Lipinski definition) is 1. The van der Waals surface area contributed by atoms with Crippen LogP contribution in [0.15, 0.2) is 100 Å². The second-order valence-electron chi connectivity index (χ2n) is 9.34. The maximum Gasteiger partial charge on any atom is 0.338 e. The van der Waals surface area contributed by atoms with Crippen LogP contribution in [0.2, 0.25) is 0 Å². The minimum absolute atomic E-state index is 0.0955. The minimum atomic E-state index is -0.586. The van der Waals surface area contributed by atoms with E-state index in [2.05, 4.69) is 15.3 Å². The Bertz CT molecular complexity index is 1520. The Morgan fingerprint density at radius 1 is 1.02 bits per heavy atom. The summed E-state index contributed by atoms with van der Waals surface area (Å²) in [5, 5.41) is 5.50. The van der Waals surface area contributed by atoms with Crippen molar-refractivity contribution in [3.63, 3.8) is 0 Å². The van der Waals surface area contributed by atoms with Crippen LogP contribution in [0.25, 0.3) is 0 Å². The van der Waals surface area contributed by atoms with E-state index < -0.39 is 12.0 Å². The monoisotopic (exact) mass is 570 g/mol. The van der Waals surface area contributed by atoms with Gasteiger partial charge in [-0.1, -0.05) is 54.2 Å². The maximum absolute atomic E-state index is 13.1. The van der Waals surface area contributed by atoms with Crippen LogP contribution < -0.4 is 14.8 Å². The lowest BCUT2D eigenvalue weighted by Gasteiger charge is -2.36. The molecule has 2 aliphatic heterocycles. The predicted octanol–water partition coefficient (Wildman–Crippen LogP) is 5.12. The zero-order valence-corrected chi connectivity index (χ0v) is 23.8. The number of esters is 1. The molecule has 1 aromatic heterocycles. The van der Waals surface area contributed by atoms with Crippen molar-refractivity contribution in [1.82, 2.24) is 15.2 Å². The number of aromatic nitrogens is 1. The van der Waals surface area contributed by atoms with Gasteiger partial charge >= 0.3 is 5.97 Å². The number of carbonyl (C=O) groups excluding carboxylic acids is 2. The SMILES string of the molecule is COC(=O)C1=C(C)N=C2SC=C(CC(=O)NCc3ccccn3)N2C1c1ccc(OCc2ccccc2)c(OC)c1. The van der Waals surface area contributed by atoms with Crippen LogP contribution in [-0.2, 0) is 27.5 Å². The first-order valence-electron chi connectivity index (χ1n) is 13.0. The number of rotatable bonds is 10. The summed E-state index contributed by atoms with van der Waals surface area (Å²) in [5.74, 6) is 0.436. The molecule has 210 valence electrons. The molecular formula is C31H30N4O5S. The van der Waals surface area contributed by atoms with Gasteiger partial charge in [0.25, 0.3) is 0 Å². The number of hydrogen-bond acceptors (Lipinski definition) is 9. The highest BCUT2D eigenvalue weighted by Crippen LogP contribution is 2.46. The Morgan fingerprint density at radius 2 is 1.83 bits per heavy atom. The summed E-state index contributed by atoms with van der Waals surface area (Å²) in [4.78, 5) is 36.9. The normalized spacial score (nSPS) is 16.0. The van der Waals surface area contributed by atoms with Crippen molar-refractivity contribution in [3.8, 4) is 11.5 Å². The third-order valence-electron chi connectivity index (χ3n) is 6.68. The summed E-state index contributed by atoms with van der Waals surface area (Å²) in [5.41, 5.74) is 4.22. The van der Waals surface area contributed by atoms with Gasteiger partial charge in [-0.25, -0.2) is 9.79 Å². The van der Waals surface area contributed by atoms with E-state index in [4.69, 9.17) is 14.2 Å². The Balaban J connectivity index is 1.42. The number of methoxy groups -OCH3 is 2. The minimum Gasteiger partial charge on any atom is -0.493 e. The largest absolute Gasteiger partial charge is 0.493 e. The molecule has 3 heterocycles. The van der Waals surface area contributed by atoms with Crippen molar-refractivity contribution in [2.24, 2.45) is 4.99 Å². The molecule has 3 aromatic rings. The highest BCUT2D eigenvalue weighted by Gasteiger charge is 2.41. The van der Waals surface area contributed by atoms with Crippen LogP contribution in [0.3, 0.4) is 0 Å². The third-order valence-corrected chi connectivity index (χ3v) is 7.57. The molecule has 1 amide bonds. The molecule has 0 spiro atoms. The molecule has 0 aliphatic carbocycles. The number of amidine groups is 1. The van der Waals surface area contributed by atoms with E-state index in [1.807, 2.05) is 77.0 Å². The average Bonchev–Trinajstić information content (AvgIpc) is 3.40. The Kier molecular flexibility index (Phi) is 8.69. The van der Waals surface area contributed by atoms with Gasteiger partial charge in [0, 0.05) is 11.9 Å². The highest BCUT2D eigenvalue weighted by molar-refractivity contribution is 8.16. The molecule has 5 rings (SSSR count). The van der Waals surface area contributed by atoms with Crippen LogP contribution >= 0.6 is 11.8 Å². The lowest BCUT2D eigenvalue weighted by Crippen LogP contribution is -2.38. The van der Waals surface area contributed by atoms with E-state index in [0.717, 1.165) is 22.5 Å². The van der Waals surface area contributed by atoms with E-state index in [9.17, 15) is 9.59 Å². The van der Waals surface area contributed by atoms with E-state index in [1.54, 1.807) is 20.2 Å². The van der Waals surface area contributed by atoms with Gasteiger partial charge in [0.1, 0.15) is 6.61 Å². The molecule has 1 atom stereocenters. The van der Waals surface area contributed by atoms with Gasteiger partial charge in [-0.2, -0.15) is 0 Å². The smallest absolute Gasteiger partial charge is 0.338 e. The number of nitrogens with one attached hydrogen (secondary N) is 1. The average molecular weight is 571 g/mol. The van der Waals surface area contributed by atoms with Crippen LogP contribution in [0.4, 0.5) is 0 Å². The van der Waals surface area contributed by atoms with Gasteiger partial charge in [-0.15, -0.1) is 0 Å². The number of carbonyl (C=O) groups is 2. The number of thioether (sulfide) groups is 1. The number of allylic oxidation sites excluding steroid dienone is 1. The quantitative estimate of drug-likeness (QED) is 0.335. The zero-order valence-electron chi connectivity index (χ0n) is 23.0. The van der Waals surface area contributed by atoms with Gasteiger partial charge in [0.2, 0.25) is 5.91 Å². The summed E-state index contributed by atoms with van der Waals surface area (Å²) >= 11 is 1.41. The highest BCUT2D eigenvalue weighted by atomic mass is 32.2. The second kappa shape index (κ2) is 12.7.